The maximum absolute atomic E-state index is 12.3. The standard InChI is InChI=1S/C19H21N2O8P/c22-16(23)11-10-13(19(24)25)18(30(28)29)17(12-6-2-1-3-7-12)20-14-8-4-5-9-15(14)21(26)27/h1-9,13,17-18,20,30H,10-11H2,(H,22,23)(H,24,25)(H,28,29). The zero-order valence-corrected chi connectivity index (χ0v) is 16.7. The number of nitrogens with one attached hydrogen (secondary N) is 1. The fourth-order valence-corrected chi connectivity index (χ4v) is 4.46. The largest absolute Gasteiger partial charge is 0.481 e. The minimum atomic E-state index is -3.52. The molecular formula is C19H21N2O8P. The highest BCUT2D eigenvalue weighted by atomic mass is 31.1. The van der Waals surface area contributed by atoms with Crippen LogP contribution >= 0.6 is 8.03 Å². The van der Waals surface area contributed by atoms with E-state index in [1.165, 1.54) is 24.3 Å². The number of rotatable bonds is 11. The molecule has 2 aromatic rings. The first kappa shape index (κ1) is 23.1. The van der Waals surface area contributed by atoms with Crippen molar-refractivity contribution in [2.24, 2.45) is 5.92 Å². The van der Waals surface area contributed by atoms with Gasteiger partial charge in [0.05, 0.1) is 22.5 Å². The molecule has 0 saturated heterocycles. The number of nitrogens with zero attached hydrogens (tertiary/aromatic N) is 1. The van der Waals surface area contributed by atoms with Crippen LogP contribution < -0.4 is 5.32 Å². The molecule has 160 valence electrons. The predicted molar refractivity (Wildman–Crippen MR) is 109 cm³/mol. The fraction of sp³-hybridized carbons (Fsp3) is 0.263. The van der Waals surface area contributed by atoms with Gasteiger partial charge in [0.25, 0.3) is 5.69 Å². The Morgan fingerprint density at radius 2 is 1.67 bits per heavy atom. The zero-order valence-electron chi connectivity index (χ0n) is 15.7. The lowest BCUT2D eigenvalue weighted by Crippen LogP contribution is -2.35. The van der Waals surface area contributed by atoms with Gasteiger partial charge in [-0.15, -0.1) is 0 Å². The number of carbonyl (C=O) groups is 2. The first-order valence-corrected chi connectivity index (χ1v) is 10.4. The molecule has 4 N–H and O–H groups in total. The first-order valence-electron chi connectivity index (χ1n) is 8.94. The highest BCUT2D eigenvalue weighted by molar-refractivity contribution is 7.39. The molecule has 0 aliphatic heterocycles. The molecular weight excluding hydrogens is 415 g/mol. The van der Waals surface area contributed by atoms with Crippen LogP contribution in [0.2, 0.25) is 0 Å². The minimum Gasteiger partial charge on any atom is -0.481 e. The van der Waals surface area contributed by atoms with Gasteiger partial charge < -0.3 is 20.4 Å². The summed E-state index contributed by atoms with van der Waals surface area (Å²) in [6.45, 7) is 0. The maximum Gasteiger partial charge on any atom is 0.307 e. The Bertz CT molecular complexity index is 937. The maximum atomic E-state index is 12.3. The lowest BCUT2D eigenvalue weighted by molar-refractivity contribution is -0.384. The number of hydrogen-bond acceptors (Lipinski definition) is 6. The van der Waals surface area contributed by atoms with E-state index in [-0.39, 0.29) is 17.8 Å². The Morgan fingerprint density at radius 1 is 1.07 bits per heavy atom. The Morgan fingerprint density at radius 3 is 2.20 bits per heavy atom. The van der Waals surface area contributed by atoms with Crippen LogP contribution in [0.25, 0.3) is 0 Å². The lowest BCUT2D eigenvalue weighted by atomic mass is 9.90. The molecule has 0 fully saturated rings. The smallest absolute Gasteiger partial charge is 0.307 e. The Kier molecular flexibility index (Phi) is 8.08. The zero-order chi connectivity index (χ0) is 22.3. The molecule has 0 aromatic heterocycles. The van der Waals surface area contributed by atoms with Gasteiger partial charge in [0.2, 0.25) is 0 Å². The van der Waals surface area contributed by atoms with Crippen molar-refractivity contribution in [3.05, 3.63) is 70.3 Å². The topological polar surface area (TPSA) is 167 Å². The van der Waals surface area contributed by atoms with Gasteiger partial charge in [0, 0.05) is 12.5 Å². The number of carboxylic acid groups (broad SMARTS) is 2. The molecule has 2 rings (SSSR count). The number of carboxylic acids is 2. The SMILES string of the molecule is O=C(O)CCC(C(=O)O)C(C(Nc1ccccc1[N+](=O)[O-])c1ccccc1)[PH](=O)O. The Labute approximate surface area is 172 Å². The number of aliphatic carboxylic acids is 2. The molecule has 30 heavy (non-hydrogen) atoms. The van der Waals surface area contributed by atoms with Crippen LogP contribution in [-0.4, -0.2) is 37.6 Å². The van der Waals surface area contributed by atoms with E-state index in [1.54, 1.807) is 30.3 Å². The van der Waals surface area contributed by atoms with Gasteiger partial charge in [0.1, 0.15) is 5.69 Å². The van der Waals surface area contributed by atoms with E-state index in [0.29, 0.717) is 5.56 Å². The third-order valence-electron chi connectivity index (χ3n) is 4.63. The monoisotopic (exact) mass is 436 g/mol. The van der Waals surface area contributed by atoms with E-state index in [9.17, 15) is 34.3 Å². The average Bonchev–Trinajstić information content (AvgIpc) is 2.70. The number of nitro benzene ring substituents is 1. The lowest BCUT2D eigenvalue weighted by Gasteiger charge is -2.31. The molecule has 0 radical (unpaired) electrons. The van der Waals surface area contributed by atoms with Crippen LogP contribution in [0.5, 0.6) is 0 Å². The van der Waals surface area contributed by atoms with E-state index in [2.05, 4.69) is 5.32 Å². The highest BCUT2D eigenvalue weighted by Crippen LogP contribution is 2.43. The molecule has 0 saturated carbocycles. The van der Waals surface area contributed by atoms with Crippen molar-refractivity contribution in [1.82, 2.24) is 0 Å². The van der Waals surface area contributed by atoms with Crippen molar-refractivity contribution in [3.8, 4) is 0 Å². The molecule has 0 heterocycles. The van der Waals surface area contributed by atoms with Crippen LogP contribution in [0.4, 0.5) is 11.4 Å². The summed E-state index contributed by atoms with van der Waals surface area (Å²) in [6.07, 6.45) is -0.871. The van der Waals surface area contributed by atoms with Crippen molar-refractivity contribution in [2.45, 2.75) is 24.5 Å². The molecule has 4 unspecified atom stereocenters. The summed E-state index contributed by atoms with van der Waals surface area (Å²) < 4.78 is 12.3. The summed E-state index contributed by atoms with van der Waals surface area (Å²) in [5.74, 6) is -4.11. The second kappa shape index (κ2) is 10.5. The number of para-hydroxylation sites is 2. The van der Waals surface area contributed by atoms with Gasteiger partial charge in [-0.05, 0) is 18.1 Å². The third kappa shape index (κ3) is 5.88. The summed E-state index contributed by atoms with van der Waals surface area (Å²) >= 11 is 0. The van der Waals surface area contributed by atoms with E-state index in [0.717, 1.165) is 0 Å². The molecule has 2 aromatic carbocycles. The van der Waals surface area contributed by atoms with Crippen molar-refractivity contribution in [3.63, 3.8) is 0 Å². The van der Waals surface area contributed by atoms with Crippen LogP contribution in [0.1, 0.15) is 24.4 Å². The molecule has 0 aliphatic rings. The molecule has 0 bridgehead atoms. The normalized spacial score (nSPS) is 14.8. The Balaban J connectivity index is 2.56. The number of anilines is 1. The van der Waals surface area contributed by atoms with Crippen molar-refractivity contribution < 1.29 is 34.2 Å². The van der Waals surface area contributed by atoms with Gasteiger partial charge in [-0.1, -0.05) is 42.5 Å². The highest BCUT2D eigenvalue weighted by Gasteiger charge is 2.39. The summed E-state index contributed by atoms with van der Waals surface area (Å²) in [5, 5.41) is 32.8. The first-order chi connectivity index (χ1) is 14.2. The van der Waals surface area contributed by atoms with Gasteiger partial charge in [-0.2, -0.15) is 0 Å². The Hall–Kier alpha value is -3.23. The van der Waals surface area contributed by atoms with E-state index in [4.69, 9.17) is 5.11 Å². The average molecular weight is 436 g/mol. The quantitative estimate of drug-likeness (QED) is 0.235. The number of nitro groups is 1. The van der Waals surface area contributed by atoms with E-state index < -0.39 is 48.9 Å². The number of hydrogen-bond donors (Lipinski definition) is 4. The van der Waals surface area contributed by atoms with E-state index in [1.807, 2.05) is 0 Å². The molecule has 4 atom stereocenters. The molecule has 10 nitrogen and oxygen atoms in total. The van der Waals surface area contributed by atoms with Crippen molar-refractivity contribution in [1.29, 1.82) is 0 Å². The van der Waals surface area contributed by atoms with Crippen molar-refractivity contribution in [2.75, 3.05) is 5.32 Å². The molecule has 0 aliphatic carbocycles. The second-order valence-electron chi connectivity index (χ2n) is 6.55. The van der Waals surface area contributed by atoms with Crippen LogP contribution in [-0.2, 0) is 14.2 Å². The molecule has 0 amide bonds. The third-order valence-corrected chi connectivity index (χ3v) is 5.94. The molecule has 11 heteroatoms. The van der Waals surface area contributed by atoms with Gasteiger partial charge >= 0.3 is 11.9 Å². The van der Waals surface area contributed by atoms with Crippen LogP contribution in [0.3, 0.4) is 0 Å². The minimum absolute atomic E-state index is 0.0481. The van der Waals surface area contributed by atoms with Gasteiger partial charge in [-0.25, -0.2) is 0 Å². The summed E-state index contributed by atoms with van der Waals surface area (Å²) in [5.41, 5.74) is -1.21. The van der Waals surface area contributed by atoms with Gasteiger partial charge in [0.15, 0.2) is 8.03 Å². The van der Waals surface area contributed by atoms with E-state index >= 15 is 0 Å². The summed E-state index contributed by atoms with van der Waals surface area (Å²) in [6, 6.07) is 12.7. The second-order valence-corrected chi connectivity index (χ2v) is 7.89. The van der Waals surface area contributed by atoms with Crippen LogP contribution in [0.15, 0.2) is 54.6 Å². The molecule has 0 spiro atoms. The summed E-state index contributed by atoms with van der Waals surface area (Å²) in [4.78, 5) is 43.6. The van der Waals surface area contributed by atoms with Gasteiger partial charge in [-0.3, -0.25) is 24.3 Å². The van der Waals surface area contributed by atoms with Crippen LogP contribution in [0, 0.1) is 16.0 Å². The van der Waals surface area contributed by atoms with Crippen molar-refractivity contribution >= 4 is 31.3 Å². The summed E-state index contributed by atoms with van der Waals surface area (Å²) in [7, 11) is -3.52. The number of benzene rings is 2. The fourth-order valence-electron chi connectivity index (χ4n) is 3.25. The predicted octanol–water partition coefficient (Wildman–Crippen LogP) is 3.15.